The molecule has 0 heterocycles. The zero-order valence-corrected chi connectivity index (χ0v) is 16.5. The lowest BCUT2D eigenvalue weighted by Crippen LogP contribution is -2.58. The predicted octanol–water partition coefficient (Wildman–Crippen LogP) is 3.01. The molecule has 0 radical (unpaired) electrons. The van der Waals surface area contributed by atoms with Crippen molar-refractivity contribution < 1.29 is 18.9 Å². The molecule has 1 N–H and O–H groups in total. The summed E-state index contributed by atoms with van der Waals surface area (Å²) in [5.41, 5.74) is -0.362. The smallest absolute Gasteiger partial charge is 0.0891 e. The summed E-state index contributed by atoms with van der Waals surface area (Å²) in [5.74, 6) is 0. The number of ether oxygens (including phenoxy) is 4. The van der Waals surface area contributed by atoms with Crippen molar-refractivity contribution in [2.45, 2.75) is 85.3 Å². The van der Waals surface area contributed by atoms with Crippen molar-refractivity contribution in [2.24, 2.45) is 0 Å². The second-order valence-corrected chi connectivity index (χ2v) is 7.21. The van der Waals surface area contributed by atoms with Crippen LogP contribution in [-0.2, 0) is 18.9 Å². The third kappa shape index (κ3) is 12.8. The molecule has 0 aliphatic heterocycles. The zero-order valence-electron chi connectivity index (χ0n) is 16.5. The van der Waals surface area contributed by atoms with Gasteiger partial charge in [-0.3, -0.25) is 0 Å². The second kappa shape index (κ2) is 12.2. The van der Waals surface area contributed by atoms with Crippen LogP contribution in [-0.4, -0.2) is 62.9 Å². The molecule has 23 heavy (non-hydrogen) atoms. The number of nitrogens with one attached hydrogen (secondary N) is 1. The molecule has 0 saturated heterocycles. The van der Waals surface area contributed by atoms with Gasteiger partial charge in [0.15, 0.2) is 0 Å². The Balaban J connectivity index is 4.79. The van der Waals surface area contributed by atoms with Crippen LogP contribution in [0, 0.1) is 0 Å². The monoisotopic (exact) mass is 333 g/mol. The molecule has 0 aromatic carbocycles. The van der Waals surface area contributed by atoms with E-state index in [9.17, 15) is 0 Å². The fourth-order valence-corrected chi connectivity index (χ4v) is 1.87. The van der Waals surface area contributed by atoms with E-state index in [1.54, 1.807) is 0 Å². The van der Waals surface area contributed by atoms with Gasteiger partial charge in [-0.2, -0.15) is 0 Å². The first-order valence-electron chi connectivity index (χ1n) is 8.88. The topological polar surface area (TPSA) is 49.0 Å². The Bertz CT molecular complexity index is 249. The highest BCUT2D eigenvalue weighted by molar-refractivity contribution is 4.89. The summed E-state index contributed by atoms with van der Waals surface area (Å²) < 4.78 is 23.3. The van der Waals surface area contributed by atoms with E-state index in [1.807, 2.05) is 55.4 Å². The number of rotatable bonds is 14. The molecule has 5 heteroatoms. The van der Waals surface area contributed by atoms with Gasteiger partial charge in [0.2, 0.25) is 0 Å². The molecule has 0 aliphatic rings. The Hall–Kier alpha value is -0.200. The van der Waals surface area contributed by atoms with Gasteiger partial charge in [-0.05, 0) is 55.4 Å². The van der Waals surface area contributed by atoms with Gasteiger partial charge in [0, 0.05) is 6.54 Å². The summed E-state index contributed by atoms with van der Waals surface area (Å²) in [6, 6.07) is 0. The van der Waals surface area contributed by atoms with E-state index in [1.165, 1.54) is 0 Å². The first-order chi connectivity index (χ1) is 10.7. The Kier molecular flexibility index (Phi) is 12.1. The van der Waals surface area contributed by atoms with Gasteiger partial charge in [-0.15, -0.1) is 0 Å². The van der Waals surface area contributed by atoms with Crippen LogP contribution >= 0.6 is 0 Å². The number of hydrogen-bond acceptors (Lipinski definition) is 5. The number of hydrogen-bond donors (Lipinski definition) is 1. The van der Waals surface area contributed by atoms with Gasteiger partial charge in [0.25, 0.3) is 0 Å². The first kappa shape index (κ1) is 22.8. The summed E-state index contributed by atoms with van der Waals surface area (Å²) in [6.07, 6.45) is 0.737. The van der Waals surface area contributed by atoms with Crippen molar-refractivity contribution in [1.29, 1.82) is 0 Å². The normalized spacial score (nSPS) is 13.0. The molecule has 5 nitrogen and oxygen atoms in total. The van der Waals surface area contributed by atoms with Crippen LogP contribution < -0.4 is 5.32 Å². The first-order valence-corrected chi connectivity index (χ1v) is 8.88. The van der Waals surface area contributed by atoms with Crippen LogP contribution in [0.25, 0.3) is 0 Å². The molecule has 0 unspecified atom stereocenters. The van der Waals surface area contributed by atoms with Crippen LogP contribution in [0.4, 0.5) is 0 Å². The maximum atomic E-state index is 5.89. The van der Waals surface area contributed by atoms with E-state index in [0.29, 0.717) is 26.4 Å². The molecule has 0 fully saturated rings. The SMILES string of the molecule is CC(C)OCCNC(COC(C)C)(COC(C)C)COC(C)C. The van der Waals surface area contributed by atoms with Gasteiger partial charge >= 0.3 is 0 Å². The van der Waals surface area contributed by atoms with Crippen molar-refractivity contribution in [2.75, 3.05) is 33.0 Å². The summed E-state index contributed by atoms with van der Waals surface area (Å²) in [7, 11) is 0. The minimum atomic E-state index is -0.362. The fraction of sp³-hybridized carbons (Fsp3) is 1.00. The van der Waals surface area contributed by atoms with Gasteiger partial charge in [-0.25, -0.2) is 0 Å². The third-order valence-electron chi connectivity index (χ3n) is 3.13. The van der Waals surface area contributed by atoms with Crippen molar-refractivity contribution in [3.8, 4) is 0 Å². The van der Waals surface area contributed by atoms with E-state index in [0.717, 1.165) is 6.54 Å². The molecule has 0 amide bonds. The average Bonchev–Trinajstić information content (AvgIpc) is 2.44. The van der Waals surface area contributed by atoms with Crippen LogP contribution in [0.3, 0.4) is 0 Å². The third-order valence-corrected chi connectivity index (χ3v) is 3.13. The van der Waals surface area contributed by atoms with E-state index >= 15 is 0 Å². The van der Waals surface area contributed by atoms with Gasteiger partial charge < -0.3 is 24.3 Å². The highest BCUT2D eigenvalue weighted by atomic mass is 16.5. The molecule has 0 bridgehead atoms. The quantitative estimate of drug-likeness (QED) is 0.495. The molecule has 0 aliphatic carbocycles. The summed E-state index contributed by atoms with van der Waals surface area (Å²) in [6.45, 7) is 19.4. The maximum Gasteiger partial charge on any atom is 0.0891 e. The van der Waals surface area contributed by atoms with Gasteiger partial charge in [-0.1, -0.05) is 0 Å². The summed E-state index contributed by atoms with van der Waals surface area (Å²) in [5, 5.41) is 3.55. The highest BCUT2D eigenvalue weighted by Crippen LogP contribution is 2.12. The second-order valence-electron chi connectivity index (χ2n) is 7.21. The van der Waals surface area contributed by atoms with Crippen molar-refractivity contribution in [3.05, 3.63) is 0 Å². The largest absolute Gasteiger partial charge is 0.377 e. The fourth-order valence-electron chi connectivity index (χ4n) is 1.87. The predicted molar refractivity (Wildman–Crippen MR) is 95.1 cm³/mol. The highest BCUT2D eigenvalue weighted by Gasteiger charge is 2.32. The Labute approximate surface area is 143 Å². The molecule has 140 valence electrons. The maximum absolute atomic E-state index is 5.89. The van der Waals surface area contributed by atoms with Crippen LogP contribution in [0.1, 0.15) is 55.4 Å². The minimum Gasteiger partial charge on any atom is -0.377 e. The van der Waals surface area contributed by atoms with Gasteiger partial charge in [0.05, 0.1) is 56.4 Å². The Morgan fingerprint density at radius 1 is 0.609 bits per heavy atom. The standard InChI is InChI=1S/C18H39NO4/c1-14(2)20-10-9-19-18(11-21-15(3)4,12-22-16(5)6)13-23-17(7)8/h14-17,19H,9-13H2,1-8H3. The van der Waals surface area contributed by atoms with Crippen LogP contribution in [0.5, 0.6) is 0 Å². The van der Waals surface area contributed by atoms with E-state index in [4.69, 9.17) is 18.9 Å². The summed E-state index contributed by atoms with van der Waals surface area (Å²) >= 11 is 0. The lowest BCUT2D eigenvalue weighted by atomic mass is 10.0. The summed E-state index contributed by atoms with van der Waals surface area (Å²) in [4.78, 5) is 0. The molecule has 0 saturated carbocycles. The molecular formula is C18H39NO4. The Morgan fingerprint density at radius 3 is 1.26 bits per heavy atom. The van der Waals surface area contributed by atoms with E-state index < -0.39 is 0 Å². The molecule has 0 aromatic heterocycles. The van der Waals surface area contributed by atoms with Crippen molar-refractivity contribution in [3.63, 3.8) is 0 Å². The molecular weight excluding hydrogens is 294 g/mol. The van der Waals surface area contributed by atoms with Gasteiger partial charge in [0.1, 0.15) is 0 Å². The lowest BCUT2D eigenvalue weighted by molar-refractivity contribution is -0.0757. The Morgan fingerprint density at radius 2 is 0.957 bits per heavy atom. The zero-order chi connectivity index (χ0) is 17.9. The van der Waals surface area contributed by atoms with Crippen molar-refractivity contribution >= 4 is 0 Å². The molecule has 0 rings (SSSR count). The van der Waals surface area contributed by atoms with E-state index in [2.05, 4.69) is 5.32 Å². The molecule has 0 aromatic rings. The van der Waals surface area contributed by atoms with Crippen molar-refractivity contribution in [1.82, 2.24) is 5.32 Å². The molecule has 0 atom stereocenters. The molecule has 0 spiro atoms. The van der Waals surface area contributed by atoms with Crippen LogP contribution in [0.15, 0.2) is 0 Å². The van der Waals surface area contributed by atoms with E-state index in [-0.39, 0.29) is 30.0 Å². The average molecular weight is 334 g/mol. The lowest BCUT2D eigenvalue weighted by Gasteiger charge is -2.36. The van der Waals surface area contributed by atoms with Crippen LogP contribution in [0.2, 0.25) is 0 Å². The minimum absolute atomic E-state index is 0.168.